The van der Waals surface area contributed by atoms with Crippen molar-refractivity contribution < 1.29 is 13.2 Å². The molecule has 0 aromatic rings. The van der Waals surface area contributed by atoms with Crippen LogP contribution in [0.25, 0.3) is 0 Å². The van der Waals surface area contributed by atoms with E-state index >= 15 is 0 Å². The Morgan fingerprint density at radius 2 is 1.65 bits per heavy atom. The lowest BCUT2D eigenvalue weighted by molar-refractivity contribution is -0.179. The smallest absolute Gasteiger partial charge is 0.171 e. The molecule has 0 radical (unpaired) electrons. The molecule has 1 aliphatic heterocycles. The highest BCUT2D eigenvalue weighted by atomic mass is 32.2. The number of alkyl halides is 3. The minimum absolute atomic E-state index is 0.233. The first-order valence-electron chi connectivity index (χ1n) is 7.18. The molecule has 0 N–H and O–H groups in total. The molecule has 2 rings (SSSR count). The van der Waals surface area contributed by atoms with Crippen LogP contribution in [0.15, 0.2) is 0 Å². The minimum Gasteiger partial charge on any atom is -0.171 e. The lowest BCUT2D eigenvalue weighted by atomic mass is 9.83. The maximum absolute atomic E-state index is 12.7. The highest BCUT2D eigenvalue weighted by molar-refractivity contribution is 8.17. The van der Waals surface area contributed by atoms with Gasteiger partial charge < -0.3 is 0 Å². The quantitative estimate of drug-likeness (QED) is 0.653. The molecular weight excluding hydrogens is 301 g/mol. The van der Waals surface area contributed by atoms with Crippen LogP contribution in [0.2, 0.25) is 0 Å². The SMILES string of the molecule is C#CC1CCC([C@H]2SC[C@H](C(C)C(F)(F)F)CS2)CC1. The number of hydrogen-bond acceptors (Lipinski definition) is 2. The zero-order valence-corrected chi connectivity index (χ0v) is 13.3. The summed E-state index contributed by atoms with van der Waals surface area (Å²) in [5.41, 5.74) is 0. The Balaban J connectivity index is 1.79. The fourth-order valence-corrected chi connectivity index (χ4v) is 6.70. The predicted molar refractivity (Wildman–Crippen MR) is 81.7 cm³/mol. The van der Waals surface area contributed by atoms with E-state index in [1.165, 1.54) is 6.92 Å². The van der Waals surface area contributed by atoms with Gasteiger partial charge in [0, 0.05) is 5.92 Å². The van der Waals surface area contributed by atoms with E-state index in [9.17, 15) is 13.2 Å². The van der Waals surface area contributed by atoms with Crippen molar-refractivity contribution in [2.45, 2.75) is 43.4 Å². The standard InChI is InChI=1S/C15H21F3S2/c1-3-11-4-6-12(7-5-11)14-19-8-13(9-20-14)10(2)15(16,17)18/h1,10-14H,4-9H2,2H3/t10?,11?,12?,13-,14-. The summed E-state index contributed by atoms with van der Waals surface area (Å²) in [6.07, 6.45) is 5.85. The van der Waals surface area contributed by atoms with Gasteiger partial charge in [0.2, 0.25) is 0 Å². The van der Waals surface area contributed by atoms with Crippen molar-refractivity contribution in [2.75, 3.05) is 11.5 Å². The van der Waals surface area contributed by atoms with Crippen molar-refractivity contribution in [3.8, 4) is 12.3 Å². The van der Waals surface area contributed by atoms with Gasteiger partial charge in [0.1, 0.15) is 0 Å². The molecule has 1 saturated carbocycles. The van der Waals surface area contributed by atoms with E-state index < -0.39 is 12.1 Å². The van der Waals surface area contributed by atoms with E-state index in [4.69, 9.17) is 6.42 Å². The van der Waals surface area contributed by atoms with Gasteiger partial charge >= 0.3 is 6.18 Å². The molecular formula is C15H21F3S2. The van der Waals surface area contributed by atoms with Crippen LogP contribution in [0.5, 0.6) is 0 Å². The van der Waals surface area contributed by atoms with Gasteiger partial charge in [-0.3, -0.25) is 0 Å². The van der Waals surface area contributed by atoms with Crippen LogP contribution in [0.3, 0.4) is 0 Å². The second-order valence-electron chi connectivity index (χ2n) is 5.90. The Morgan fingerprint density at radius 1 is 1.10 bits per heavy atom. The van der Waals surface area contributed by atoms with Gasteiger partial charge in [0.15, 0.2) is 0 Å². The van der Waals surface area contributed by atoms with Gasteiger partial charge in [-0.1, -0.05) is 6.92 Å². The lowest BCUT2D eigenvalue weighted by Crippen LogP contribution is -2.35. The summed E-state index contributed by atoms with van der Waals surface area (Å²) < 4.78 is 38.7. The molecule has 0 aromatic heterocycles. The number of halogens is 3. The molecule has 1 atom stereocenters. The third kappa shape index (κ3) is 4.04. The monoisotopic (exact) mass is 322 g/mol. The van der Waals surface area contributed by atoms with Crippen molar-refractivity contribution in [3.63, 3.8) is 0 Å². The fourth-order valence-electron chi connectivity index (χ4n) is 2.92. The molecule has 1 aliphatic carbocycles. The Kier molecular flexibility index (Phi) is 5.64. The van der Waals surface area contributed by atoms with Crippen LogP contribution >= 0.6 is 23.5 Å². The van der Waals surface area contributed by atoms with Gasteiger partial charge in [0.05, 0.1) is 10.5 Å². The molecule has 20 heavy (non-hydrogen) atoms. The van der Waals surface area contributed by atoms with Gasteiger partial charge in [0.25, 0.3) is 0 Å². The largest absolute Gasteiger partial charge is 0.391 e. The van der Waals surface area contributed by atoms with E-state index in [1.54, 1.807) is 23.5 Å². The first-order valence-corrected chi connectivity index (χ1v) is 9.27. The van der Waals surface area contributed by atoms with Crippen molar-refractivity contribution in [3.05, 3.63) is 0 Å². The maximum atomic E-state index is 12.7. The van der Waals surface area contributed by atoms with Crippen molar-refractivity contribution >= 4 is 23.5 Å². The second kappa shape index (κ2) is 6.87. The van der Waals surface area contributed by atoms with Crippen molar-refractivity contribution in [1.29, 1.82) is 0 Å². The predicted octanol–water partition coefficient (Wildman–Crippen LogP) is 5.05. The summed E-state index contributed by atoms with van der Waals surface area (Å²) in [6, 6.07) is 0. The van der Waals surface area contributed by atoms with Crippen molar-refractivity contribution in [2.24, 2.45) is 23.7 Å². The molecule has 1 saturated heterocycles. The Morgan fingerprint density at radius 3 is 2.10 bits per heavy atom. The average Bonchev–Trinajstić information content (AvgIpc) is 2.46. The van der Waals surface area contributed by atoms with Crippen LogP contribution < -0.4 is 0 Å². The van der Waals surface area contributed by atoms with Crippen molar-refractivity contribution in [1.82, 2.24) is 0 Å². The fraction of sp³-hybridized carbons (Fsp3) is 0.867. The van der Waals surface area contributed by atoms with Gasteiger partial charge in [-0.25, -0.2) is 0 Å². The topological polar surface area (TPSA) is 0 Å². The number of terminal acetylenes is 1. The lowest BCUT2D eigenvalue weighted by Gasteiger charge is -2.38. The molecule has 0 amide bonds. The van der Waals surface area contributed by atoms with E-state index in [0.717, 1.165) is 25.7 Å². The summed E-state index contributed by atoms with van der Waals surface area (Å²) in [5, 5.41) is 0. The van der Waals surface area contributed by atoms with Gasteiger partial charge in [-0.05, 0) is 49.0 Å². The normalized spacial score (nSPS) is 37.1. The van der Waals surface area contributed by atoms with Gasteiger partial charge in [-0.2, -0.15) is 13.2 Å². The molecule has 0 aromatic carbocycles. The number of thioether (sulfide) groups is 2. The Labute approximate surface area is 128 Å². The van der Waals surface area contributed by atoms with E-state index in [-0.39, 0.29) is 5.92 Å². The minimum atomic E-state index is -4.05. The average molecular weight is 322 g/mol. The van der Waals surface area contributed by atoms with Gasteiger partial charge in [-0.15, -0.1) is 35.9 Å². The molecule has 0 bridgehead atoms. The van der Waals surface area contributed by atoms with Crippen LogP contribution in [-0.4, -0.2) is 22.3 Å². The molecule has 114 valence electrons. The highest BCUT2D eigenvalue weighted by Crippen LogP contribution is 2.47. The molecule has 1 heterocycles. The van der Waals surface area contributed by atoms with E-state index in [0.29, 0.717) is 27.9 Å². The number of rotatable bonds is 2. The summed E-state index contributed by atoms with van der Waals surface area (Å²) in [5.74, 6) is 3.76. The van der Waals surface area contributed by atoms with E-state index in [2.05, 4.69) is 5.92 Å². The zero-order chi connectivity index (χ0) is 14.8. The third-order valence-electron chi connectivity index (χ3n) is 4.56. The second-order valence-corrected chi connectivity index (χ2v) is 8.55. The maximum Gasteiger partial charge on any atom is 0.391 e. The highest BCUT2D eigenvalue weighted by Gasteiger charge is 2.43. The zero-order valence-electron chi connectivity index (χ0n) is 11.7. The summed E-state index contributed by atoms with van der Waals surface area (Å²) in [7, 11) is 0. The Hall–Kier alpha value is 0.0500. The van der Waals surface area contributed by atoms with Crippen LogP contribution in [0.1, 0.15) is 32.6 Å². The van der Waals surface area contributed by atoms with Crippen LogP contribution in [-0.2, 0) is 0 Å². The van der Waals surface area contributed by atoms with Crippen LogP contribution in [0.4, 0.5) is 13.2 Å². The number of hydrogen-bond donors (Lipinski definition) is 0. The third-order valence-corrected chi connectivity index (χ3v) is 8.05. The molecule has 1 unspecified atom stereocenters. The first kappa shape index (κ1) is 16.4. The Bertz CT molecular complexity index is 345. The van der Waals surface area contributed by atoms with Crippen LogP contribution in [0, 0.1) is 36.0 Å². The summed E-state index contributed by atoms with van der Waals surface area (Å²) >= 11 is 3.48. The molecule has 0 nitrogen and oxygen atoms in total. The molecule has 2 aliphatic rings. The first-order chi connectivity index (χ1) is 9.41. The molecule has 5 heteroatoms. The summed E-state index contributed by atoms with van der Waals surface area (Å²) in [6.45, 7) is 1.32. The molecule has 0 spiro atoms. The molecule has 2 fully saturated rings. The van der Waals surface area contributed by atoms with E-state index in [1.807, 2.05) is 0 Å². The summed E-state index contributed by atoms with van der Waals surface area (Å²) in [4.78, 5) is 0.